The summed E-state index contributed by atoms with van der Waals surface area (Å²) in [6.07, 6.45) is 0. The van der Waals surface area contributed by atoms with E-state index in [4.69, 9.17) is 16.7 Å². The van der Waals surface area contributed by atoms with Crippen molar-refractivity contribution in [1.29, 1.82) is 0 Å². The molecule has 0 unspecified atom stereocenters. The maximum absolute atomic E-state index is 12.6. The molecule has 3 rings (SSSR count). The Labute approximate surface area is 133 Å². The highest BCUT2D eigenvalue weighted by Gasteiger charge is 2.37. The molecule has 2 aromatic rings. The van der Waals surface area contributed by atoms with Gasteiger partial charge in [0, 0.05) is 17.2 Å². The number of halogens is 1. The number of carboxylic acids is 1. The minimum Gasteiger partial charge on any atom is -0.478 e. The smallest absolute Gasteiger partial charge is 0.337 e. The third-order valence-electron chi connectivity index (χ3n) is 3.55. The summed E-state index contributed by atoms with van der Waals surface area (Å²) >= 11 is 5.96. The molecule has 0 saturated heterocycles. The second-order valence-electron chi connectivity index (χ2n) is 4.77. The molecule has 0 aliphatic heterocycles. The monoisotopic (exact) mass is 331 g/mol. The molecule has 0 heterocycles. The quantitative estimate of drug-likeness (QED) is 0.570. The zero-order valence-electron chi connectivity index (χ0n) is 11.2. The highest BCUT2D eigenvalue weighted by Crippen LogP contribution is 2.37. The predicted octanol–water partition coefficient (Wildman–Crippen LogP) is 2.72. The van der Waals surface area contributed by atoms with Crippen LogP contribution in [0.2, 0.25) is 5.02 Å². The number of carbonyl (C=O) groups is 3. The molecule has 0 atom stereocenters. The summed E-state index contributed by atoms with van der Waals surface area (Å²) in [6.45, 7) is 0. The summed E-state index contributed by atoms with van der Waals surface area (Å²) in [7, 11) is 0. The van der Waals surface area contributed by atoms with E-state index >= 15 is 0 Å². The Morgan fingerprint density at radius 2 is 1.65 bits per heavy atom. The lowest BCUT2D eigenvalue weighted by Crippen LogP contribution is -2.23. The molecule has 0 spiro atoms. The number of ketones is 2. The van der Waals surface area contributed by atoms with Gasteiger partial charge in [0.05, 0.1) is 21.1 Å². The van der Waals surface area contributed by atoms with Crippen LogP contribution < -0.4 is 0 Å². The number of benzene rings is 2. The molecule has 0 aromatic heterocycles. The van der Waals surface area contributed by atoms with E-state index in [0.717, 1.165) is 18.2 Å². The predicted molar refractivity (Wildman–Crippen MR) is 78.4 cm³/mol. The highest BCUT2D eigenvalue weighted by molar-refractivity contribution is 6.41. The first-order valence-electron chi connectivity index (χ1n) is 6.27. The van der Waals surface area contributed by atoms with Gasteiger partial charge in [-0.15, -0.1) is 0 Å². The van der Waals surface area contributed by atoms with Crippen LogP contribution in [0.5, 0.6) is 0 Å². The van der Waals surface area contributed by atoms with Gasteiger partial charge in [0.25, 0.3) is 5.69 Å². The number of nitrogens with zero attached hydrogens (tertiary/aromatic N) is 1. The van der Waals surface area contributed by atoms with Crippen LogP contribution in [0.4, 0.5) is 5.69 Å². The largest absolute Gasteiger partial charge is 0.478 e. The van der Waals surface area contributed by atoms with E-state index in [2.05, 4.69) is 0 Å². The van der Waals surface area contributed by atoms with E-state index in [9.17, 15) is 24.5 Å². The Morgan fingerprint density at radius 3 is 2.26 bits per heavy atom. The normalized spacial score (nSPS) is 12.6. The minimum absolute atomic E-state index is 0.146. The average Bonchev–Trinajstić information content (AvgIpc) is 2.51. The van der Waals surface area contributed by atoms with Crippen LogP contribution in [0.1, 0.15) is 42.2 Å². The number of nitro benzene ring substituents is 1. The van der Waals surface area contributed by atoms with E-state index < -0.39 is 28.1 Å². The first-order valence-corrected chi connectivity index (χ1v) is 6.65. The fourth-order valence-electron chi connectivity index (χ4n) is 2.54. The van der Waals surface area contributed by atoms with E-state index in [1.165, 1.54) is 12.1 Å². The van der Waals surface area contributed by atoms with Gasteiger partial charge in [-0.3, -0.25) is 19.7 Å². The summed E-state index contributed by atoms with van der Waals surface area (Å²) in [6, 6.07) is 5.92. The van der Waals surface area contributed by atoms with Gasteiger partial charge >= 0.3 is 5.97 Å². The van der Waals surface area contributed by atoms with Crippen molar-refractivity contribution in [2.75, 3.05) is 0 Å². The first kappa shape index (κ1) is 14.9. The van der Waals surface area contributed by atoms with Gasteiger partial charge in [0.1, 0.15) is 5.56 Å². The number of hydrogen-bond acceptors (Lipinski definition) is 5. The van der Waals surface area contributed by atoms with Gasteiger partial charge < -0.3 is 5.11 Å². The maximum atomic E-state index is 12.6. The molecule has 1 N–H and O–H groups in total. The number of carboxylic acid groups (broad SMARTS) is 1. The molecule has 2 aromatic carbocycles. The fourth-order valence-corrected chi connectivity index (χ4v) is 2.87. The zero-order valence-corrected chi connectivity index (χ0v) is 12.0. The number of fused-ring (bicyclic) bond motifs is 2. The number of rotatable bonds is 2. The van der Waals surface area contributed by atoms with Crippen molar-refractivity contribution in [2.45, 2.75) is 0 Å². The number of nitro groups is 1. The van der Waals surface area contributed by atoms with Crippen LogP contribution in [-0.2, 0) is 0 Å². The molecule has 0 fully saturated rings. The Morgan fingerprint density at radius 1 is 1.04 bits per heavy atom. The van der Waals surface area contributed by atoms with Crippen LogP contribution in [0, 0.1) is 10.1 Å². The van der Waals surface area contributed by atoms with Crippen LogP contribution in [0.25, 0.3) is 0 Å². The Hall–Kier alpha value is -3.06. The van der Waals surface area contributed by atoms with E-state index in [0.29, 0.717) is 0 Å². The molecule has 0 radical (unpaired) electrons. The molecule has 0 amide bonds. The van der Waals surface area contributed by atoms with Gasteiger partial charge in [-0.25, -0.2) is 4.79 Å². The minimum atomic E-state index is -1.34. The zero-order chi connectivity index (χ0) is 16.9. The van der Waals surface area contributed by atoms with Crippen LogP contribution in [0.3, 0.4) is 0 Å². The molecule has 8 heteroatoms. The number of aromatic carboxylic acids is 1. The van der Waals surface area contributed by atoms with Gasteiger partial charge in [-0.05, 0) is 18.2 Å². The number of carbonyl (C=O) groups excluding carboxylic acids is 2. The lowest BCUT2D eigenvalue weighted by atomic mass is 9.82. The molecule has 0 bridgehead atoms. The van der Waals surface area contributed by atoms with Crippen LogP contribution in [0.15, 0.2) is 30.3 Å². The average molecular weight is 332 g/mol. The van der Waals surface area contributed by atoms with Gasteiger partial charge in [-0.2, -0.15) is 0 Å². The van der Waals surface area contributed by atoms with E-state index in [1.54, 1.807) is 0 Å². The molecular weight excluding hydrogens is 326 g/mol. The first-order chi connectivity index (χ1) is 10.8. The number of hydrogen-bond donors (Lipinski definition) is 1. The second kappa shape index (κ2) is 4.99. The van der Waals surface area contributed by atoms with Crippen molar-refractivity contribution in [2.24, 2.45) is 0 Å². The fraction of sp³-hybridized carbons (Fsp3) is 0. The summed E-state index contributed by atoms with van der Waals surface area (Å²) in [5.41, 5.74) is -1.67. The standard InChI is InChI=1S/C15H6ClNO6/c16-12-8(15(20)21)5-4-7-11(12)14(19)6-2-1-3-9(17(22)23)10(6)13(7)18/h1-5H,(H,20,21). The van der Waals surface area contributed by atoms with Gasteiger partial charge in [0.2, 0.25) is 5.78 Å². The van der Waals surface area contributed by atoms with Crippen LogP contribution in [-0.4, -0.2) is 27.6 Å². The van der Waals surface area contributed by atoms with Crippen molar-refractivity contribution in [1.82, 2.24) is 0 Å². The second-order valence-corrected chi connectivity index (χ2v) is 5.15. The third kappa shape index (κ3) is 2.01. The van der Waals surface area contributed by atoms with Gasteiger partial charge in [0.15, 0.2) is 5.78 Å². The molecule has 0 saturated carbocycles. The van der Waals surface area contributed by atoms with Crippen LogP contribution >= 0.6 is 11.6 Å². The molecule has 23 heavy (non-hydrogen) atoms. The van der Waals surface area contributed by atoms with Crippen molar-refractivity contribution in [3.8, 4) is 0 Å². The van der Waals surface area contributed by atoms with E-state index in [-0.39, 0.29) is 32.8 Å². The SMILES string of the molecule is O=C(O)c1ccc2c(c1Cl)C(=O)c1cccc([N+](=O)[O-])c1C2=O. The molecular formula is C15H6ClNO6. The highest BCUT2D eigenvalue weighted by atomic mass is 35.5. The Kier molecular flexibility index (Phi) is 3.23. The summed E-state index contributed by atoms with van der Waals surface area (Å²) in [5, 5.41) is 19.8. The van der Waals surface area contributed by atoms with E-state index in [1.807, 2.05) is 0 Å². The molecule has 1 aliphatic carbocycles. The summed E-state index contributed by atoms with van der Waals surface area (Å²) in [5.74, 6) is -2.80. The third-order valence-corrected chi connectivity index (χ3v) is 3.95. The lowest BCUT2D eigenvalue weighted by Gasteiger charge is -2.19. The topological polar surface area (TPSA) is 115 Å². The summed E-state index contributed by atoms with van der Waals surface area (Å²) < 4.78 is 0. The van der Waals surface area contributed by atoms with Crippen molar-refractivity contribution >= 4 is 34.8 Å². The molecule has 114 valence electrons. The van der Waals surface area contributed by atoms with Crippen molar-refractivity contribution < 1.29 is 24.4 Å². The molecule has 1 aliphatic rings. The van der Waals surface area contributed by atoms with Crippen molar-refractivity contribution in [3.63, 3.8) is 0 Å². The Bertz CT molecular complexity index is 934. The maximum Gasteiger partial charge on any atom is 0.337 e. The Balaban J connectivity index is 2.36. The van der Waals surface area contributed by atoms with Crippen molar-refractivity contribution in [3.05, 3.63) is 73.3 Å². The summed E-state index contributed by atoms with van der Waals surface area (Å²) in [4.78, 5) is 46.6. The van der Waals surface area contributed by atoms with Gasteiger partial charge in [-0.1, -0.05) is 17.7 Å². The lowest BCUT2D eigenvalue weighted by molar-refractivity contribution is -0.385. The molecule has 7 nitrogen and oxygen atoms in total.